The standard InChI is InChI=1S/C13H17N3O2/c1-9(17-2)6-10-4-3-5-11(7-10)13-15-12(8-14)18-16-13/h3-5,7,9H,6,8,14H2,1-2H3. The van der Waals surface area contributed by atoms with E-state index in [0.717, 1.165) is 12.0 Å². The Morgan fingerprint density at radius 1 is 1.44 bits per heavy atom. The van der Waals surface area contributed by atoms with E-state index in [1.165, 1.54) is 5.56 Å². The Labute approximate surface area is 106 Å². The summed E-state index contributed by atoms with van der Waals surface area (Å²) in [5, 5.41) is 3.90. The van der Waals surface area contributed by atoms with Crippen LogP contribution in [0.5, 0.6) is 0 Å². The van der Waals surface area contributed by atoms with Gasteiger partial charge in [-0.1, -0.05) is 23.4 Å². The Kier molecular flexibility index (Phi) is 4.07. The van der Waals surface area contributed by atoms with Crippen molar-refractivity contribution in [3.63, 3.8) is 0 Å². The lowest BCUT2D eigenvalue weighted by molar-refractivity contribution is 0.119. The molecule has 2 N–H and O–H groups in total. The van der Waals surface area contributed by atoms with Crippen molar-refractivity contribution in [2.75, 3.05) is 7.11 Å². The molecule has 1 heterocycles. The van der Waals surface area contributed by atoms with Gasteiger partial charge >= 0.3 is 0 Å². The fourth-order valence-corrected chi connectivity index (χ4v) is 1.71. The van der Waals surface area contributed by atoms with Gasteiger partial charge in [0.15, 0.2) is 0 Å². The van der Waals surface area contributed by atoms with E-state index in [1.54, 1.807) is 7.11 Å². The van der Waals surface area contributed by atoms with Gasteiger partial charge in [-0.05, 0) is 25.0 Å². The molecule has 0 saturated heterocycles. The van der Waals surface area contributed by atoms with Crippen LogP contribution in [0, 0.1) is 0 Å². The zero-order valence-corrected chi connectivity index (χ0v) is 10.6. The first-order valence-corrected chi connectivity index (χ1v) is 5.87. The number of ether oxygens (including phenoxy) is 1. The van der Waals surface area contributed by atoms with Crippen molar-refractivity contribution in [2.24, 2.45) is 5.73 Å². The minimum absolute atomic E-state index is 0.185. The maximum atomic E-state index is 5.44. The number of hydrogen-bond acceptors (Lipinski definition) is 5. The lowest BCUT2D eigenvalue weighted by Crippen LogP contribution is -2.08. The first-order valence-electron chi connectivity index (χ1n) is 5.87. The van der Waals surface area contributed by atoms with Crippen LogP contribution in [0.3, 0.4) is 0 Å². The number of rotatable bonds is 5. The normalized spacial score (nSPS) is 12.6. The van der Waals surface area contributed by atoms with Crippen molar-refractivity contribution in [1.29, 1.82) is 0 Å². The molecule has 0 radical (unpaired) electrons. The van der Waals surface area contributed by atoms with Crippen LogP contribution in [0.15, 0.2) is 28.8 Å². The fourth-order valence-electron chi connectivity index (χ4n) is 1.71. The van der Waals surface area contributed by atoms with E-state index in [-0.39, 0.29) is 12.6 Å². The first kappa shape index (κ1) is 12.7. The van der Waals surface area contributed by atoms with Crippen LogP contribution >= 0.6 is 0 Å². The van der Waals surface area contributed by atoms with Crippen molar-refractivity contribution in [3.05, 3.63) is 35.7 Å². The third kappa shape index (κ3) is 2.94. The van der Waals surface area contributed by atoms with E-state index in [0.29, 0.717) is 11.7 Å². The molecule has 2 aromatic rings. The molecule has 1 aromatic heterocycles. The SMILES string of the molecule is COC(C)Cc1cccc(-c2noc(CN)n2)c1. The van der Waals surface area contributed by atoms with Crippen molar-refractivity contribution >= 4 is 0 Å². The molecule has 0 fully saturated rings. The maximum absolute atomic E-state index is 5.44. The molecule has 1 unspecified atom stereocenters. The fraction of sp³-hybridized carbons (Fsp3) is 0.385. The van der Waals surface area contributed by atoms with Gasteiger partial charge in [-0.25, -0.2) is 0 Å². The average Bonchev–Trinajstić information content (AvgIpc) is 2.87. The molecule has 1 aromatic carbocycles. The predicted octanol–water partition coefficient (Wildman–Crippen LogP) is 1.77. The molecule has 0 aliphatic rings. The molecular weight excluding hydrogens is 230 g/mol. The summed E-state index contributed by atoms with van der Waals surface area (Å²) in [6.45, 7) is 2.29. The summed E-state index contributed by atoms with van der Waals surface area (Å²) in [4.78, 5) is 4.21. The van der Waals surface area contributed by atoms with E-state index < -0.39 is 0 Å². The zero-order valence-electron chi connectivity index (χ0n) is 10.6. The molecule has 2 rings (SSSR count). The lowest BCUT2D eigenvalue weighted by atomic mass is 10.1. The van der Waals surface area contributed by atoms with E-state index in [9.17, 15) is 0 Å². The summed E-state index contributed by atoms with van der Waals surface area (Å²) in [7, 11) is 1.71. The number of methoxy groups -OCH3 is 1. The van der Waals surface area contributed by atoms with Crippen molar-refractivity contribution in [1.82, 2.24) is 10.1 Å². The van der Waals surface area contributed by atoms with Crippen LogP contribution in [-0.4, -0.2) is 23.4 Å². The summed E-state index contributed by atoms with van der Waals surface area (Å²) in [6, 6.07) is 8.03. The number of aromatic nitrogens is 2. The van der Waals surface area contributed by atoms with Gasteiger partial charge in [-0.3, -0.25) is 0 Å². The molecule has 5 nitrogen and oxygen atoms in total. The van der Waals surface area contributed by atoms with Crippen molar-refractivity contribution in [2.45, 2.75) is 26.0 Å². The van der Waals surface area contributed by atoms with Crippen LogP contribution < -0.4 is 5.73 Å². The summed E-state index contributed by atoms with van der Waals surface area (Å²) in [6.07, 6.45) is 1.04. The summed E-state index contributed by atoms with van der Waals surface area (Å²) >= 11 is 0. The number of hydrogen-bond donors (Lipinski definition) is 1. The van der Waals surface area contributed by atoms with E-state index in [1.807, 2.05) is 25.1 Å². The average molecular weight is 247 g/mol. The van der Waals surface area contributed by atoms with Crippen LogP contribution in [0.4, 0.5) is 0 Å². The van der Waals surface area contributed by atoms with Gasteiger partial charge in [0, 0.05) is 12.7 Å². The Balaban J connectivity index is 2.21. The topological polar surface area (TPSA) is 74.2 Å². The van der Waals surface area contributed by atoms with Gasteiger partial charge in [0.05, 0.1) is 12.6 Å². The van der Waals surface area contributed by atoms with Gasteiger partial charge < -0.3 is 15.0 Å². The van der Waals surface area contributed by atoms with Gasteiger partial charge in [-0.15, -0.1) is 0 Å². The van der Waals surface area contributed by atoms with Gasteiger partial charge in [0.25, 0.3) is 0 Å². The molecule has 0 saturated carbocycles. The largest absolute Gasteiger partial charge is 0.381 e. The lowest BCUT2D eigenvalue weighted by Gasteiger charge is -2.09. The molecule has 96 valence electrons. The van der Waals surface area contributed by atoms with Crippen LogP contribution in [0.1, 0.15) is 18.4 Å². The number of nitrogens with zero attached hydrogens (tertiary/aromatic N) is 2. The zero-order chi connectivity index (χ0) is 13.0. The van der Waals surface area contributed by atoms with Gasteiger partial charge in [-0.2, -0.15) is 4.98 Å². The third-order valence-corrected chi connectivity index (χ3v) is 2.75. The Morgan fingerprint density at radius 2 is 2.28 bits per heavy atom. The Hall–Kier alpha value is -1.72. The quantitative estimate of drug-likeness (QED) is 0.871. The van der Waals surface area contributed by atoms with Gasteiger partial charge in [0.1, 0.15) is 0 Å². The van der Waals surface area contributed by atoms with Crippen LogP contribution in [-0.2, 0) is 17.7 Å². The molecule has 0 aliphatic carbocycles. The van der Waals surface area contributed by atoms with Gasteiger partial charge in [0.2, 0.25) is 11.7 Å². The minimum atomic E-state index is 0.185. The number of benzene rings is 1. The summed E-state index contributed by atoms with van der Waals surface area (Å²) < 4.78 is 10.3. The second-order valence-corrected chi connectivity index (χ2v) is 4.17. The molecule has 0 bridgehead atoms. The Bertz CT molecular complexity index is 510. The highest BCUT2D eigenvalue weighted by atomic mass is 16.5. The van der Waals surface area contributed by atoms with E-state index in [2.05, 4.69) is 16.2 Å². The molecule has 5 heteroatoms. The number of nitrogens with two attached hydrogens (primary N) is 1. The highest BCUT2D eigenvalue weighted by Crippen LogP contribution is 2.18. The second-order valence-electron chi connectivity index (χ2n) is 4.17. The second kappa shape index (κ2) is 5.75. The predicted molar refractivity (Wildman–Crippen MR) is 67.8 cm³/mol. The smallest absolute Gasteiger partial charge is 0.240 e. The minimum Gasteiger partial charge on any atom is -0.381 e. The third-order valence-electron chi connectivity index (χ3n) is 2.75. The molecule has 18 heavy (non-hydrogen) atoms. The molecule has 0 aliphatic heterocycles. The van der Waals surface area contributed by atoms with E-state index in [4.69, 9.17) is 15.0 Å². The van der Waals surface area contributed by atoms with Crippen LogP contribution in [0.2, 0.25) is 0 Å². The summed E-state index contributed by atoms with van der Waals surface area (Å²) in [5.74, 6) is 1.02. The molecule has 0 spiro atoms. The Morgan fingerprint density at radius 3 is 2.94 bits per heavy atom. The molecule has 0 amide bonds. The summed E-state index contributed by atoms with van der Waals surface area (Å²) in [5.41, 5.74) is 7.55. The van der Waals surface area contributed by atoms with Crippen molar-refractivity contribution < 1.29 is 9.26 Å². The van der Waals surface area contributed by atoms with E-state index >= 15 is 0 Å². The highest BCUT2D eigenvalue weighted by molar-refractivity contribution is 5.55. The van der Waals surface area contributed by atoms with Crippen LogP contribution in [0.25, 0.3) is 11.4 Å². The van der Waals surface area contributed by atoms with Crippen molar-refractivity contribution in [3.8, 4) is 11.4 Å². The monoisotopic (exact) mass is 247 g/mol. The highest BCUT2D eigenvalue weighted by Gasteiger charge is 2.09. The maximum Gasteiger partial charge on any atom is 0.240 e. The first-order chi connectivity index (χ1) is 8.72. The molecule has 1 atom stereocenters. The molecular formula is C13H17N3O2.